The molecule has 3 N–H and O–H groups in total. The van der Waals surface area contributed by atoms with E-state index in [0.29, 0.717) is 22.8 Å². The summed E-state index contributed by atoms with van der Waals surface area (Å²) in [5.74, 6) is 0.653. The van der Waals surface area contributed by atoms with Gasteiger partial charge >= 0.3 is 6.01 Å². The molecule has 0 bridgehead atoms. The zero-order valence-electron chi connectivity index (χ0n) is 18.9. The molecule has 12 nitrogen and oxygen atoms in total. The minimum absolute atomic E-state index is 0.0944. The summed E-state index contributed by atoms with van der Waals surface area (Å²) in [4.78, 5) is 34.6. The molecule has 0 aliphatic heterocycles. The fourth-order valence-electron chi connectivity index (χ4n) is 3.98. The zero-order chi connectivity index (χ0) is 23.9. The van der Waals surface area contributed by atoms with Crippen LogP contribution in [0.3, 0.4) is 0 Å². The van der Waals surface area contributed by atoms with Gasteiger partial charge in [0.15, 0.2) is 5.65 Å². The van der Waals surface area contributed by atoms with Crippen LogP contribution in [-0.2, 0) is 4.74 Å². The fraction of sp³-hybridized carbons (Fsp3) is 0.318. The Balaban J connectivity index is 1.48. The number of hydrogen-bond acceptors (Lipinski definition) is 9. The van der Waals surface area contributed by atoms with Crippen molar-refractivity contribution in [1.29, 1.82) is 0 Å². The Morgan fingerprint density at radius 1 is 1.38 bits per heavy atom. The Labute approximate surface area is 194 Å². The van der Waals surface area contributed by atoms with Gasteiger partial charge < -0.3 is 25.1 Å². The normalized spacial score (nSPS) is 19.6. The number of hydrogen-bond donors (Lipinski definition) is 3. The van der Waals surface area contributed by atoms with Crippen LogP contribution >= 0.6 is 0 Å². The molecule has 4 aromatic heterocycles. The van der Waals surface area contributed by atoms with Crippen LogP contribution in [0.2, 0.25) is 0 Å². The van der Waals surface area contributed by atoms with Crippen molar-refractivity contribution >= 4 is 28.9 Å². The highest BCUT2D eigenvalue weighted by atomic mass is 16.5. The van der Waals surface area contributed by atoms with Gasteiger partial charge in [-0.3, -0.25) is 9.59 Å². The van der Waals surface area contributed by atoms with Crippen LogP contribution in [0.25, 0.3) is 11.7 Å². The SMILES string of the molecule is CNc1cc(Nc2cccn(-c3ncco3)c2=O)nc2c(C(=O)N[C@@H]3CC[C@@]3(C)OC)cnn12. The molecule has 2 atom stereocenters. The zero-order valence-corrected chi connectivity index (χ0v) is 18.9. The van der Waals surface area contributed by atoms with Gasteiger partial charge in [-0.25, -0.2) is 14.5 Å². The summed E-state index contributed by atoms with van der Waals surface area (Å²) in [6.45, 7) is 1.97. The molecule has 4 aromatic rings. The Kier molecular flexibility index (Phi) is 5.28. The van der Waals surface area contributed by atoms with Crippen LogP contribution in [0.4, 0.5) is 17.3 Å². The number of pyridine rings is 1. The number of amides is 1. The minimum atomic E-state index is -0.384. The average molecular weight is 464 g/mol. The lowest BCUT2D eigenvalue weighted by molar-refractivity contribution is -0.0828. The standard InChI is InChI=1S/C22H24N8O4/c1-22(33-3)7-6-15(22)27-19(31)13-12-25-30-17(23-2)11-16(28-18(13)30)26-14-5-4-9-29(20(14)32)21-24-8-10-34-21/h4-5,8-12,15,23H,6-7H2,1-3H3,(H,26,28)(H,27,31)/t15-,22-/m1/s1. The van der Waals surface area contributed by atoms with Gasteiger partial charge in [-0.05, 0) is 31.9 Å². The van der Waals surface area contributed by atoms with E-state index in [4.69, 9.17) is 9.15 Å². The van der Waals surface area contributed by atoms with E-state index in [1.165, 1.54) is 27.7 Å². The highest BCUT2D eigenvalue weighted by Crippen LogP contribution is 2.35. The molecular formula is C22H24N8O4. The predicted molar refractivity (Wildman–Crippen MR) is 124 cm³/mol. The summed E-state index contributed by atoms with van der Waals surface area (Å²) < 4.78 is 13.6. The molecule has 4 heterocycles. The van der Waals surface area contributed by atoms with E-state index in [0.717, 1.165) is 12.8 Å². The van der Waals surface area contributed by atoms with Crippen molar-refractivity contribution in [2.45, 2.75) is 31.4 Å². The van der Waals surface area contributed by atoms with Crippen LogP contribution in [0, 0.1) is 0 Å². The second-order valence-corrected chi connectivity index (χ2v) is 8.19. The molecule has 0 spiro atoms. The molecule has 0 saturated heterocycles. The van der Waals surface area contributed by atoms with Gasteiger partial charge in [0.25, 0.3) is 11.5 Å². The molecule has 1 amide bonds. The predicted octanol–water partition coefficient (Wildman–Crippen LogP) is 1.95. The molecule has 0 radical (unpaired) electrons. The highest BCUT2D eigenvalue weighted by molar-refractivity contribution is 6.00. The number of ether oxygens (including phenoxy) is 1. The Hall–Kier alpha value is -4.19. The maximum atomic E-state index is 13.1. The molecule has 34 heavy (non-hydrogen) atoms. The summed E-state index contributed by atoms with van der Waals surface area (Å²) in [5, 5.41) is 13.4. The Bertz CT molecular complexity index is 1410. The molecule has 1 aliphatic rings. The highest BCUT2D eigenvalue weighted by Gasteiger charge is 2.44. The third-order valence-corrected chi connectivity index (χ3v) is 6.25. The van der Waals surface area contributed by atoms with E-state index in [9.17, 15) is 9.59 Å². The number of nitrogens with one attached hydrogen (secondary N) is 3. The van der Waals surface area contributed by atoms with Crippen LogP contribution in [0.15, 0.2) is 52.3 Å². The minimum Gasteiger partial charge on any atom is -0.432 e. The third-order valence-electron chi connectivity index (χ3n) is 6.25. The number of methoxy groups -OCH3 is 1. The lowest BCUT2D eigenvalue weighted by Crippen LogP contribution is -2.59. The average Bonchev–Trinajstić information content (AvgIpc) is 3.52. The van der Waals surface area contributed by atoms with E-state index in [1.54, 1.807) is 38.6 Å². The maximum Gasteiger partial charge on any atom is 0.308 e. The number of anilines is 3. The largest absolute Gasteiger partial charge is 0.432 e. The molecule has 1 aliphatic carbocycles. The van der Waals surface area contributed by atoms with Crippen molar-refractivity contribution in [1.82, 2.24) is 29.5 Å². The van der Waals surface area contributed by atoms with Gasteiger partial charge in [-0.15, -0.1) is 0 Å². The number of carbonyl (C=O) groups excluding carboxylic acids is 1. The van der Waals surface area contributed by atoms with Crippen LogP contribution in [0.1, 0.15) is 30.1 Å². The van der Waals surface area contributed by atoms with E-state index in [2.05, 4.69) is 31.0 Å². The van der Waals surface area contributed by atoms with Gasteiger partial charge in [-0.1, -0.05) is 0 Å². The van der Waals surface area contributed by atoms with Crippen molar-refractivity contribution < 1.29 is 13.9 Å². The van der Waals surface area contributed by atoms with E-state index >= 15 is 0 Å². The molecule has 176 valence electrons. The Morgan fingerprint density at radius 3 is 2.91 bits per heavy atom. The summed E-state index contributed by atoms with van der Waals surface area (Å²) >= 11 is 0. The summed E-state index contributed by atoms with van der Waals surface area (Å²) in [7, 11) is 3.38. The first kappa shape index (κ1) is 21.6. The number of oxazole rings is 1. The molecule has 0 aromatic carbocycles. The smallest absolute Gasteiger partial charge is 0.308 e. The summed E-state index contributed by atoms with van der Waals surface area (Å²) in [6.07, 6.45) is 7.60. The van der Waals surface area contributed by atoms with Gasteiger partial charge in [0.1, 0.15) is 29.1 Å². The molecule has 1 fully saturated rings. The second kappa shape index (κ2) is 8.30. The Morgan fingerprint density at radius 2 is 2.24 bits per heavy atom. The van der Waals surface area contributed by atoms with E-state index < -0.39 is 0 Å². The van der Waals surface area contributed by atoms with Crippen molar-refractivity contribution in [3.63, 3.8) is 0 Å². The van der Waals surface area contributed by atoms with Crippen LogP contribution in [0.5, 0.6) is 0 Å². The van der Waals surface area contributed by atoms with Crippen molar-refractivity contribution in [2.24, 2.45) is 0 Å². The first-order chi connectivity index (χ1) is 16.4. The number of fused-ring (bicyclic) bond motifs is 1. The summed E-state index contributed by atoms with van der Waals surface area (Å²) in [5.41, 5.74) is 0.165. The van der Waals surface area contributed by atoms with Gasteiger partial charge in [-0.2, -0.15) is 9.61 Å². The van der Waals surface area contributed by atoms with Gasteiger partial charge in [0.2, 0.25) is 0 Å². The first-order valence-corrected chi connectivity index (χ1v) is 10.7. The third kappa shape index (κ3) is 3.57. The molecular weight excluding hydrogens is 440 g/mol. The number of carbonyl (C=O) groups is 1. The van der Waals surface area contributed by atoms with Crippen LogP contribution in [-0.4, -0.2) is 55.9 Å². The lowest BCUT2D eigenvalue weighted by atomic mass is 9.76. The second-order valence-electron chi connectivity index (χ2n) is 8.19. The van der Waals surface area contributed by atoms with Crippen molar-refractivity contribution in [3.8, 4) is 6.01 Å². The first-order valence-electron chi connectivity index (χ1n) is 10.7. The monoisotopic (exact) mass is 464 g/mol. The molecule has 5 rings (SSSR count). The van der Waals surface area contributed by atoms with Gasteiger partial charge in [0.05, 0.1) is 24.0 Å². The van der Waals surface area contributed by atoms with Crippen molar-refractivity contribution in [2.75, 3.05) is 24.8 Å². The number of nitrogens with zero attached hydrogens (tertiary/aromatic N) is 5. The molecule has 1 saturated carbocycles. The van der Waals surface area contributed by atoms with Crippen molar-refractivity contribution in [3.05, 3.63) is 59.0 Å². The fourth-order valence-corrected chi connectivity index (χ4v) is 3.98. The number of rotatable bonds is 7. The molecule has 12 heteroatoms. The number of aromatic nitrogens is 5. The lowest BCUT2D eigenvalue weighted by Gasteiger charge is -2.45. The van der Waals surface area contributed by atoms with E-state index in [1.807, 2.05) is 6.92 Å². The van der Waals surface area contributed by atoms with Gasteiger partial charge in [0, 0.05) is 26.4 Å². The maximum absolute atomic E-state index is 13.1. The van der Waals surface area contributed by atoms with Crippen LogP contribution < -0.4 is 21.5 Å². The molecule has 0 unspecified atom stereocenters. The quantitative estimate of drug-likeness (QED) is 0.374. The topological polar surface area (TPSA) is 141 Å². The summed E-state index contributed by atoms with van der Waals surface area (Å²) in [6, 6.07) is 5.06. The van der Waals surface area contributed by atoms with E-state index in [-0.39, 0.29) is 34.8 Å².